The lowest BCUT2D eigenvalue weighted by atomic mass is 9.97. The molecule has 3 heterocycles. The summed E-state index contributed by atoms with van der Waals surface area (Å²) in [5.74, 6) is 1.18. The standard InChI is InChI=1S/C24H29N5O5S/c1-32-19-5-4-17(20(33-2)21(19)34-3)24(31)29-10-7-15(8-11-29)23-28-18(13-35-23)22(30)26-9-6-16-12-25-14-27-16/h4-5,12-15H,6-11H2,1-3H3,(H,25,27)(H,26,30). The number of hydrogen-bond acceptors (Lipinski definition) is 8. The number of ether oxygens (including phenoxy) is 3. The molecule has 1 aliphatic rings. The van der Waals surface area contributed by atoms with Crippen molar-refractivity contribution in [1.29, 1.82) is 0 Å². The molecule has 1 saturated heterocycles. The van der Waals surface area contributed by atoms with Crippen LogP contribution in [0.5, 0.6) is 17.2 Å². The highest BCUT2D eigenvalue weighted by atomic mass is 32.1. The topological polar surface area (TPSA) is 119 Å². The molecule has 11 heteroatoms. The molecule has 2 N–H and O–H groups in total. The van der Waals surface area contributed by atoms with Gasteiger partial charge >= 0.3 is 0 Å². The molecule has 1 aliphatic heterocycles. The molecule has 0 bridgehead atoms. The number of H-pyrrole nitrogens is 1. The second-order valence-electron chi connectivity index (χ2n) is 8.10. The predicted molar refractivity (Wildman–Crippen MR) is 131 cm³/mol. The zero-order valence-corrected chi connectivity index (χ0v) is 20.8. The summed E-state index contributed by atoms with van der Waals surface area (Å²) in [7, 11) is 4.56. The highest BCUT2D eigenvalue weighted by Crippen LogP contribution is 2.40. The molecule has 1 aromatic carbocycles. The van der Waals surface area contributed by atoms with Crippen molar-refractivity contribution in [2.45, 2.75) is 25.2 Å². The van der Waals surface area contributed by atoms with E-state index < -0.39 is 0 Å². The third-order valence-electron chi connectivity index (χ3n) is 6.06. The Bertz CT molecular complexity index is 1160. The molecule has 0 spiro atoms. The van der Waals surface area contributed by atoms with E-state index in [0.29, 0.717) is 54.6 Å². The number of carbonyl (C=O) groups excluding carboxylic acids is 2. The highest BCUT2D eigenvalue weighted by molar-refractivity contribution is 7.09. The van der Waals surface area contributed by atoms with Gasteiger partial charge in [-0.15, -0.1) is 11.3 Å². The van der Waals surface area contributed by atoms with E-state index in [0.717, 1.165) is 23.5 Å². The Morgan fingerprint density at radius 3 is 2.57 bits per heavy atom. The maximum absolute atomic E-state index is 13.2. The van der Waals surface area contributed by atoms with E-state index in [1.807, 2.05) is 4.90 Å². The fourth-order valence-electron chi connectivity index (χ4n) is 4.17. The second kappa shape index (κ2) is 11.2. The van der Waals surface area contributed by atoms with Gasteiger partial charge in [-0.3, -0.25) is 9.59 Å². The number of likely N-dealkylation sites (tertiary alicyclic amines) is 1. The van der Waals surface area contributed by atoms with Gasteiger partial charge < -0.3 is 29.4 Å². The molecule has 186 valence electrons. The van der Waals surface area contributed by atoms with Crippen molar-refractivity contribution in [1.82, 2.24) is 25.2 Å². The number of aromatic nitrogens is 3. The van der Waals surface area contributed by atoms with Crippen LogP contribution in [0.3, 0.4) is 0 Å². The molecule has 2 aromatic heterocycles. The zero-order valence-electron chi connectivity index (χ0n) is 20.0. The van der Waals surface area contributed by atoms with Crippen molar-refractivity contribution >= 4 is 23.2 Å². The van der Waals surface area contributed by atoms with E-state index in [4.69, 9.17) is 14.2 Å². The monoisotopic (exact) mass is 499 g/mol. The normalized spacial score (nSPS) is 14.0. The molecule has 10 nitrogen and oxygen atoms in total. The third kappa shape index (κ3) is 5.40. The quantitative estimate of drug-likeness (QED) is 0.465. The van der Waals surface area contributed by atoms with E-state index in [-0.39, 0.29) is 17.7 Å². The van der Waals surface area contributed by atoms with Crippen molar-refractivity contribution in [3.63, 3.8) is 0 Å². The van der Waals surface area contributed by atoms with Gasteiger partial charge in [-0.25, -0.2) is 9.97 Å². The Morgan fingerprint density at radius 1 is 1.14 bits per heavy atom. The van der Waals surface area contributed by atoms with Crippen molar-refractivity contribution in [2.75, 3.05) is 41.0 Å². The number of hydrogen-bond donors (Lipinski definition) is 2. The minimum atomic E-state index is -0.180. The lowest BCUT2D eigenvalue weighted by Crippen LogP contribution is -2.38. The third-order valence-corrected chi connectivity index (χ3v) is 7.06. The van der Waals surface area contributed by atoms with Crippen LogP contribution in [0, 0.1) is 0 Å². The molecular formula is C24H29N5O5S. The van der Waals surface area contributed by atoms with Crippen molar-refractivity contribution < 1.29 is 23.8 Å². The van der Waals surface area contributed by atoms with Gasteiger partial charge in [0.15, 0.2) is 11.5 Å². The van der Waals surface area contributed by atoms with Gasteiger partial charge in [0.25, 0.3) is 11.8 Å². The summed E-state index contributed by atoms with van der Waals surface area (Å²) in [5.41, 5.74) is 1.84. The van der Waals surface area contributed by atoms with Crippen LogP contribution in [0.15, 0.2) is 30.0 Å². The largest absolute Gasteiger partial charge is 0.493 e. The Hall–Kier alpha value is -3.60. The number of rotatable bonds is 9. The van der Waals surface area contributed by atoms with E-state index in [9.17, 15) is 9.59 Å². The minimum absolute atomic E-state index is 0.113. The molecule has 35 heavy (non-hydrogen) atoms. The highest BCUT2D eigenvalue weighted by Gasteiger charge is 2.29. The second-order valence-corrected chi connectivity index (χ2v) is 8.99. The lowest BCUT2D eigenvalue weighted by molar-refractivity contribution is 0.0708. The van der Waals surface area contributed by atoms with Crippen LogP contribution < -0.4 is 19.5 Å². The van der Waals surface area contributed by atoms with E-state index in [2.05, 4.69) is 20.3 Å². The fourth-order valence-corrected chi connectivity index (χ4v) is 5.14. The number of methoxy groups -OCH3 is 3. The Morgan fingerprint density at radius 2 is 1.91 bits per heavy atom. The summed E-state index contributed by atoms with van der Waals surface area (Å²) in [6.07, 6.45) is 5.59. The van der Waals surface area contributed by atoms with Crippen LogP contribution in [-0.4, -0.2) is 72.6 Å². The van der Waals surface area contributed by atoms with Gasteiger partial charge in [0.1, 0.15) is 5.69 Å². The Balaban J connectivity index is 1.34. The Labute approximate surface area is 207 Å². The van der Waals surface area contributed by atoms with Crippen LogP contribution >= 0.6 is 11.3 Å². The summed E-state index contributed by atoms with van der Waals surface area (Å²) >= 11 is 1.49. The summed E-state index contributed by atoms with van der Waals surface area (Å²) in [6, 6.07) is 3.41. The number of nitrogens with one attached hydrogen (secondary N) is 2. The first-order valence-electron chi connectivity index (χ1n) is 11.3. The van der Waals surface area contributed by atoms with Crippen LogP contribution in [0.25, 0.3) is 0 Å². The van der Waals surface area contributed by atoms with Crippen LogP contribution in [0.1, 0.15) is 50.3 Å². The molecule has 0 atom stereocenters. The Kier molecular flexibility index (Phi) is 7.86. The maximum Gasteiger partial charge on any atom is 0.270 e. The van der Waals surface area contributed by atoms with E-state index in [1.54, 1.807) is 37.1 Å². The van der Waals surface area contributed by atoms with Crippen LogP contribution in [-0.2, 0) is 6.42 Å². The van der Waals surface area contributed by atoms with Crippen LogP contribution in [0.4, 0.5) is 0 Å². The summed E-state index contributed by atoms with van der Waals surface area (Å²) in [5, 5.41) is 5.62. The smallest absolute Gasteiger partial charge is 0.270 e. The number of nitrogens with zero attached hydrogens (tertiary/aromatic N) is 3. The van der Waals surface area contributed by atoms with Gasteiger partial charge in [0, 0.05) is 49.2 Å². The van der Waals surface area contributed by atoms with E-state index in [1.165, 1.54) is 25.6 Å². The SMILES string of the molecule is COc1ccc(C(=O)N2CCC(c3nc(C(=O)NCCc4cnc[nH]4)cs3)CC2)c(OC)c1OC. The summed E-state index contributed by atoms with van der Waals surface area (Å²) < 4.78 is 16.2. The zero-order chi connectivity index (χ0) is 24.8. The molecule has 2 amide bonds. The molecule has 0 unspecified atom stereocenters. The van der Waals surface area contributed by atoms with Gasteiger partial charge in [0.05, 0.1) is 38.2 Å². The van der Waals surface area contributed by atoms with Gasteiger partial charge in [-0.05, 0) is 25.0 Å². The number of carbonyl (C=O) groups is 2. The van der Waals surface area contributed by atoms with Crippen molar-refractivity contribution in [2.24, 2.45) is 0 Å². The molecular weight excluding hydrogens is 470 g/mol. The van der Waals surface area contributed by atoms with Gasteiger partial charge in [0.2, 0.25) is 5.75 Å². The fraction of sp³-hybridized carbons (Fsp3) is 0.417. The number of piperidine rings is 1. The molecule has 3 aromatic rings. The molecule has 0 radical (unpaired) electrons. The minimum Gasteiger partial charge on any atom is -0.493 e. The first-order chi connectivity index (χ1) is 17.0. The molecule has 1 fully saturated rings. The molecule has 4 rings (SSSR count). The summed E-state index contributed by atoms with van der Waals surface area (Å²) in [4.78, 5) is 39.1. The average Bonchev–Trinajstić information content (AvgIpc) is 3.60. The number of benzene rings is 1. The lowest BCUT2D eigenvalue weighted by Gasteiger charge is -2.31. The number of imidazole rings is 1. The first-order valence-corrected chi connectivity index (χ1v) is 12.2. The van der Waals surface area contributed by atoms with Crippen molar-refractivity contribution in [3.8, 4) is 17.2 Å². The number of thiazole rings is 1. The van der Waals surface area contributed by atoms with Crippen LogP contribution in [0.2, 0.25) is 0 Å². The van der Waals surface area contributed by atoms with Gasteiger partial charge in [-0.1, -0.05) is 0 Å². The van der Waals surface area contributed by atoms with Crippen molar-refractivity contribution in [3.05, 3.63) is 52.0 Å². The number of amides is 2. The van der Waals surface area contributed by atoms with E-state index >= 15 is 0 Å². The molecule has 0 aliphatic carbocycles. The first kappa shape index (κ1) is 24.5. The predicted octanol–water partition coefficient (Wildman–Crippen LogP) is 2.88. The summed E-state index contributed by atoms with van der Waals surface area (Å²) in [6.45, 7) is 1.69. The maximum atomic E-state index is 13.2. The molecule has 0 saturated carbocycles. The number of aromatic amines is 1. The van der Waals surface area contributed by atoms with Gasteiger partial charge in [-0.2, -0.15) is 0 Å². The average molecular weight is 500 g/mol.